The van der Waals surface area contributed by atoms with Crippen molar-refractivity contribution in [2.75, 3.05) is 26.8 Å². The van der Waals surface area contributed by atoms with Crippen LogP contribution in [-0.4, -0.2) is 69.2 Å². The van der Waals surface area contributed by atoms with E-state index in [9.17, 15) is 14.7 Å². The van der Waals surface area contributed by atoms with Crippen molar-refractivity contribution in [3.8, 4) is 11.6 Å². The van der Waals surface area contributed by atoms with E-state index in [1.165, 1.54) is 6.92 Å². The van der Waals surface area contributed by atoms with Gasteiger partial charge in [-0.3, -0.25) is 9.69 Å². The van der Waals surface area contributed by atoms with Gasteiger partial charge in [-0.25, -0.2) is 14.8 Å². The molecule has 2 aliphatic heterocycles. The smallest absolute Gasteiger partial charge is 0.335 e. The highest BCUT2D eigenvalue weighted by atomic mass is 16.5. The number of rotatable bonds is 11. The number of imidazole rings is 1. The molecule has 0 bridgehead atoms. The number of carboxylic acids is 1. The standard InChI is InChI=1S/C33H36N4O6/c1-21(38)23-6-7-25(30(17-23)41-2)20-43-32-5-3-4-27(35-32)22-10-13-36(14-11-22)19-31-34-28-9-8-24(33(39)40)16-29(28)37(31)18-26-12-15-42-26/h3-9,16-17,22,26H,10-15,18-20H2,1-2H3,(H,39,40)/t26-/m0/s1. The number of hydrogen-bond donors (Lipinski definition) is 1. The normalized spacial score (nSPS) is 17.5. The Morgan fingerprint density at radius 2 is 1.81 bits per heavy atom. The summed E-state index contributed by atoms with van der Waals surface area (Å²) in [6.07, 6.45) is 3.06. The molecule has 0 unspecified atom stereocenters. The maximum Gasteiger partial charge on any atom is 0.335 e. The molecule has 0 spiro atoms. The van der Waals surface area contributed by atoms with Crippen LogP contribution in [0.15, 0.2) is 54.6 Å². The Labute approximate surface area is 250 Å². The summed E-state index contributed by atoms with van der Waals surface area (Å²) in [5.74, 6) is 1.49. The van der Waals surface area contributed by atoms with Crippen LogP contribution in [0.1, 0.15) is 69.9 Å². The number of carbonyl (C=O) groups excluding carboxylic acids is 1. The van der Waals surface area contributed by atoms with Crippen LogP contribution in [0, 0.1) is 0 Å². The molecule has 10 nitrogen and oxygen atoms in total. The molecular weight excluding hydrogens is 548 g/mol. The van der Waals surface area contributed by atoms with Gasteiger partial charge in [-0.1, -0.05) is 18.2 Å². The third kappa shape index (κ3) is 6.40. The van der Waals surface area contributed by atoms with Crippen LogP contribution in [-0.2, 0) is 24.4 Å². The molecular formula is C33H36N4O6. The summed E-state index contributed by atoms with van der Waals surface area (Å²) in [5.41, 5.74) is 4.38. The van der Waals surface area contributed by atoms with E-state index in [4.69, 9.17) is 24.2 Å². The molecule has 0 amide bonds. The highest BCUT2D eigenvalue weighted by molar-refractivity contribution is 5.94. The second-order valence-corrected chi connectivity index (χ2v) is 11.3. The predicted octanol–water partition coefficient (Wildman–Crippen LogP) is 5.09. The minimum atomic E-state index is -0.940. The molecule has 2 aliphatic rings. The average Bonchev–Trinajstić information content (AvgIpc) is 3.33. The molecule has 10 heteroatoms. The van der Waals surface area contributed by atoms with E-state index in [-0.39, 0.29) is 24.1 Å². The van der Waals surface area contributed by atoms with Gasteiger partial charge in [0.1, 0.15) is 18.2 Å². The van der Waals surface area contributed by atoms with Crippen molar-refractivity contribution in [2.45, 2.75) is 57.9 Å². The van der Waals surface area contributed by atoms with Crippen molar-refractivity contribution < 1.29 is 28.9 Å². The van der Waals surface area contributed by atoms with Crippen LogP contribution >= 0.6 is 0 Å². The summed E-state index contributed by atoms with van der Waals surface area (Å²) in [4.78, 5) is 35.4. The lowest BCUT2D eigenvalue weighted by Crippen LogP contribution is -2.35. The van der Waals surface area contributed by atoms with Gasteiger partial charge < -0.3 is 23.9 Å². The number of carboxylic acid groups (broad SMARTS) is 1. The summed E-state index contributed by atoms with van der Waals surface area (Å²) in [5, 5.41) is 9.52. The van der Waals surface area contributed by atoms with Crippen molar-refractivity contribution in [2.24, 2.45) is 0 Å². The molecule has 2 saturated heterocycles. The molecule has 4 heterocycles. The van der Waals surface area contributed by atoms with Gasteiger partial charge in [0.15, 0.2) is 5.78 Å². The van der Waals surface area contributed by atoms with E-state index in [0.717, 1.165) is 67.1 Å². The summed E-state index contributed by atoms with van der Waals surface area (Å²) < 4.78 is 19.3. The number of ketones is 1. The number of fused-ring (bicyclic) bond motifs is 1. The minimum absolute atomic E-state index is 0.0116. The van der Waals surface area contributed by atoms with Gasteiger partial charge in [-0.15, -0.1) is 0 Å². The highest BCUT2D eigenvalue weighted by Crippen LogP contribution is 2.30. The first-order valence-corrected chi connectivity index (χ1v) is 14.7. The van der Waals surface area contributed by atoms with E-state index in [1.54, 1.807) is 37.4 Å². The largest absolute Gasteiger partial charge is 0.496 e. The number of likely N-dealkylation sites (tertiary alicyclic amines) is 1. The van der Waals surface area contributed by atoms with Crippen LogP contribution in [0.25, 0.3) is 11.0 Å². The van der Waals surface area contributed by atoms with Gasteiger partial charge in [0.25, 0.3) is 0 Å². The number of benzene rings is 2. The first-order valence-electron chi connectivity index (χ1n) is 14.7. The Bertz CT molecular complexity index is 1640. The molecule has 0 saturated carbocycles. The number of methoxy groups -OCH3 is 1. The third-order valence-corrected chi connectivity index (χ3v) is 8.44. The van der Waals surface area contributed by atoms with Crippen molar-refractivity contribution in [1.82, 2.24) is 19.4 Å². The molecule has 0 aliphatic carbocycles. The molecule has 224 valence electrons. The summed E-state index contributed by atoms with van der Waals surface area (Å²) in [6, 6.07) is 16.4. The van der Waals surface area contributed by atoms with Gasteiger partial charge in [0.05, 0.1) is 42.9 Å². The number of pyridine rings is 1. The second-order valence-electron chi connectivity index (χ2n) is 11.3. The van der Waals surface area contributed by atoms with Crippen LogP contribution in [0.3, 0.4) is 0 Å². The maximum absolute atomic E-state index is 11.7. The van der Waals surface area contributed by atoms with Gasteiger partial charge in [-0.2, -0.15) is 0 Å². The van der Waals surface area contributed by atoms with Crippen molar-refractivity contribution in [3.05, 3.63) is 82.8 Å². The highest BCUT2D eigenvalue weighted by Gasteiger charge is 2.26. The van der Waals surface area contributed by atoms with Crippen LogP contribution in [0.4, 0.5) is 0 Å². The van der Waals surface area contributed by atoms with Crippen molar-refractivity contribution in [3.63, 3.8) is 0 Å². The van der Waals surface area contributed by atoms with Gasteiger partial charge >= 0.3 is 5.97 Å². The van der Waals surface area contributed by atoms with Crippen LogP contribution in [0.2, 0.25) is 0 Å². The lowest BCUT2D eigenvalue weighted by Gasteiger charge is -2.32. The van der Waals surface area contributed by atoms with E-state index in [1.807, 2.05) is 18.2 Å². The number of ether oxygens (including phenoxy) is 3. The molecule has 6 rings (SSSR count). The Balaban J connectivity index is 1.10. The number of nitrogens with zero attached hydrogens (tertiary/aromatic N) is 4. The van der Waals surface area contributed by atoms with Gasteiger partial charge in [-0.05, 0) is 69.6 Å². The fraction of sp³-hybridized carbons (Fsp3) is 0.394. The zero-order valence-electron chi connectivity index (χ0n) is 24.5. The summed E-state index contributed by atoms with van der Waals surface area (Å²) >= 11 is 0. The number of aromatic nitrogens is 3. The topological polar surface area (TPSA) is 116 Å². The monoisotopic (exact) mass is 584 g/mol. The molecule has 4 aromatic rings. The Morgan fingerprint density at radius 3 is 2.51 bits per heavy atom. The Kier molecular flexibility index (Phi) is 8.40. The molecule has 1 atom stereocenters. The second kappa shape index (κ2) is 12.5. The lowest BCUT2D eigenvalue weighted by molar-refractivity contribution is -0.0592. The van der Waals surface area contributed by atoms with Gasteiger partial charge in [0, 0.05) is 35.4 Å². The average molecular weight is 585 g/mol. The third-order valence-electron chi connectivity index (χ3n) is 8.44. The zero-order valence-corrected chi connectivity index (χ0v) is 24.5. The lowest BCUT2D eigenvalue weighted by atomic mass is 9.93. The summed E-state index contributed by atoms with van der Waals surface area (Å²) in [7, 11) is 1.58. The Hall–Kier alpha value is -4.28. The molecule has 2 aromatic heterocycles. The molecule has 1 N–H and O–H groups in total. The van der Waals surface area contributed by atoms with Crippen molar-refractivity contribution >= 4 is 22.8 Å². The molecule has 0 radical (unpaired) electrons. The van der Waals surface area contributed by atoms with Crippen molar-refractivity contribution in [1.29, 1.82) is 0 Å². The number of piperidine rings is 1. The van der Waals surface area contributed by atoms with Crippen LogP contribution in [0.5, 0.6) is 11.6 Å². The first-order chi connectivity index (χ1) is 20.9. The van der Waals surface area contributed by atoms with Crippen LogP contribution < -0.4 is 9.47 Å². The molecule has 2 aromatic carbocycles. The first kappa shape index (κ1) is 28.8. The SMILES string of the molecule is COc1cc(C(C)=O)ccc1COc1cccc(C2CCN(Cc3nc4ccc(C(=O)O)cc4n3C[C@@H]3CCO3)CC2)n1. The van der Waals surface area contributed by atoms with E-state index >= 15 is 0 Å². The quantitative estimate of drug-likeness (QED) is 0.241. The number of hydrogen-bond acceptors (Lipinski definition) is 8. The van der Waals surface area contributed by atoms with E-state index in [2.05, 4.69) is 15.5 Å². The summed E-state index contributed by atoms with van der Waals surface area (Å²) in [6.45, 7) is 5.76. The Morgan fingerprint density at radius 1 is 1.02 bits per heavy atom. The zero-order chi connectivity index (χ0) is 29.9. The van der Waals surface area contributed by atoms with E-state index in [0.29, 0.717) is 36.2 Å². The number of aromatic carboxylic acids is 1. The fourth-order valence-electron chi connectivity index (χ4n) is 5.82. The number of carbonyl (C=O) groups is 2. The number of Topliss-reactive ketones (excluding diaryl/α,β-unsaturated/α-hetero) is 1. The van der Waals surface area contributed by atoms with Gasteiger partial charge in [0.2, 0.25) is 5.88 Å². The molecule has 2 fully saturated rings. The molecule has 43 heavy (non-hydrogen) atoms. The maximum atomic E-state index is 11.7. The predicted molar refractivity (Wildman–Crippen MR) is 160 cm³/mol. The minimum Gasteiger partial charge on any atom is -0.496 e. The fourth-order valence-corrected chi connectivity index (χ4v) is 5.82. The van der Waals surface area contributed by atoms with E-state index < -0.39 is 5.97 Å².